The molecule has 198 valence electrons. The smallest absolute Gasteiger partial charge is 0.239 e. The summed E-state index contributed by atoms with van der Waals surface area (Å²) in [6.07, 6.45) is 11.1. The second-order valence-corrected chi connectivity index (χ2v) is 11.7. The summed E-state index contributed by atoms with van der Waals surface area (Å²) in [6.45, 7) is 11.1. The average Bonchev–Trinajstić information content (AvgIpc) is 2.85. The van der Waals surface area contributed by atoms with Crippen LogP contribution in [0.25, 0.3) is 5.57 Å². The summed E-state index contributed by atoms with van der Waals surface area (Å²) in [5.41, 5.74) is 5.33. The maximum absolute atomic E-state index is 13.7. The van der Waals surface area contributed by atoms with Gasteiger partial charge in [0.2, 0.25) is 5.91 Å². The largest absolute Gasteiger partial charge is 0.412 e. The normalized spacial score (nSPS) is 24.8. The molecule has 3 N–H and O–H groups in total. The van der Waals surface area contributed by atoms with Gasteiger partial charge in [0, 0.05) is 19.6 Å². The van der Waals surface area contributed by atoms with Crippen molar-refractivity contribution in [2.45, 2.75) is 78.4 Å². The van der Waals surface area contributed by atoms with Gasteiger partial charge >= 0.3 is 0 Å². The Morgan fingerprint density at radius 1 is 1.17 bits per heavy atom. The molecule has 4 rings (SSSR count). The Labute approximate surface area is 217 Å². The first-order valence-corrected chi connectivity index (χ1v) is 13.6. The summed E-state index contributed by atoms with van der Waals surface area (Å²) in [4.78, 5) is 15.8. The number of carbonyl (C=O) groups excluding carboxylic acids is 1. The fraction of sp³-hybridized carbons (Fsp3) is 0.581. The molecule has 0 saturated carbocycles. The van der Waals surface area contributed by atoms with Gasteiger partial charge in [-0.1, -0.05) is 81.8 Å². The van der Waals surface area contributed by atoms with Gasteiger partial charge in [-0.3, -0.25) is 4.79 Å². The molecule has 36 heavy (non-hydrogen) atoms. The Morgan fingerprint density at radius 3 is 2.56 bits per heavy atom. The first kappa shape index (κ1) is 28.3. The average molecular weight is 497 g/mol. The van der Waals surface area contributed by atoms with E-state index in [9.17, 15) is 9.18 Å². The maximum atomic E-state index is 13.7. The quantitative estimate of drug-likeness (QED) is 0.478. The van der Waals surface area contributed by atoms with Gasteiger partial charge in [-0.2, -0.15) is 0 Å². The van der Waals surface area contributed by atoms with Crippen LogP contribution in [0.1, 0.15) is 71.8 Å². The van der Waals surface area contributed by atoms with E-state index in [4.69, 9.17) is 0 Å². The summed E-state index contributed by atoms with van der Waals surface area (Å²) in [7, 11) is 0. The zero-order chi connectivity index (χ0) is 25.0. The van der Waals surface area contributed by atoms with Crippen LogP contribution < -0.4 is 5.32 Å². The predicted octanol–water partition coefficient (Wildman–Crippen LogP) is 5.90. The van der Waals surface area contributed by atoms with Crippen molar-refractivity contribution in [1.82, 2.24) is 10.2 Å². The minimum Gasteiger partial charge on any atom is -0.412 e. The molecule has 1 amide bonds. The molecule has 1 aliphatic heterocycles. The second-order valence-electron chi connectivity index (χ2n) is 11.7. The Hall–Kier alpha value is -2.24. The van der Waals surface area contributed by atoms with E-state index in [2.05, 4.69) is 86.5 Å². The minimum atomic E-state index is -0.682. The highest BCUT2D eigenvalue weighted by Gasteiger charge is 2.41. The number of likely N-dealkylation sites (tertiary alicyclic amines) is 1. The number of hydrogen-bond donors (Lipinski definition) is 1. The molecule has 1 saturated heterocycles. The third-order valence-corrected chi connectivity index (χ3v) is 8.20. The Balaban J connectivity index is 0.00000361. The molecular formula is C31H45FN2O2. The van der Waals surface area contributed by atoms with Gasteiger partial charge in [-0.15, -0.1) is 0 Å². The zero-order valence-corrected chi connectivity index (χ0v) is 22.5. The van der Waals surface area contributed by atoms with E-state index in [1.54, 1.807) is 0 Å². The number of allylic oxidation sites excluding steroid dienone is 5. The van der Waals surface area contributed by atoms with E-state index in [0.717, 1.165) is 45.3 Å². The number of nitrogens with one attached hydrogen (secondary N) is 1. The Kier molecular flexibility index (Phi) is 9.71. The molecule has 0 radical (unpaired) electrons. The lowest BCUT2D eigenvalue weighted by Gasteiger charge is -2.47. The van der Waals surface area contributed by atoms with E-state index >= 15 is 0 Å². The highest BCUT2D eigenvalue weighted by Crippen LogP contribution is 2.43. The van der Waals surface area contributed by atoms with Gasteiger partial charge in [0.25, 0.3) is 0 Å². The van der Waals surface area contributed by atoms with Crippen molar-refractivity contribution in [3.05, 3.63) is 65.3 Å². The molecule has 1 fully saturated rings. The molecule has 1 aromatic carbocycles. The van der Waals surface area contributed by atoms with Gasteiger partial charge in [-0.05, 0) is 72.5 Å². The van der Waals surface area contributed by atoms with Crippen LogP contribution in [-0.2, 0) is 4.79 Å². The van der Waals surface area contributed by atoms with Crippen LogP contribution in [0.15, 0.2) is 59.7 Å². The molecule has 3 atom stereocenters. The fourth-order valence-corrected chi connectivity index (χ4v) is 6.22. The van der Waals surface area contributed by atoms with E-state index < -0.39 is 6.17 Å². The molecule has 1 aromatic rings. The molecule has 4 nitrogen and oxygen atoms in total. The number of carbonyl (C=O) groups is 1. The summed E-state index contributed by atoms with van der Waals surface area (Å²) >= 11 is 0. The highest BCUT2D eigenvalue weighted by molar-refractivity contribution is 5.83. The number of piperidine rings is 1. The molecule has 0 aromatic heterocycles. The Bertz CT molecular complexity index is 980. The third kappa shape index (κ3) is 6.54. The Morgan fingerprint density at radius 2 is 1.92 bits per heavy atom. The minimum absolute atomic E-state index is 0. The van der Waals surface area contributed by atoms with E-state index in [1.807, 2.05) is 0 Å². The van der Waals surface area contributed by atoms with Crippen molar-refractivity contribution >= 4 is 11.5 Å². The number of benzene rings is 1. The van der Waals surface area contributed by atoms with Crippen LogP contribution in [0.5, 0.6) is 0 Å². The van der Waals surface area contributed by atoms with Gasteiger partial charge in [-0.25, -0.2) is 4.39 Å². The van der Waals surface area contributed by atoms with Gasteiger partial charge in [0.05, 0.1) is 6.04 Å². The van der Waals surface area contributed by atoms with Crippen molar-refractivity contribution in [2.24, 2.45) is 17.3 Å². The summed E-state index contributed by atoms with van der Waals surface area (Å²) < 4.78 is 13.7. The lowest BCUT2D eigenvalue weighted by Crippen LogP contribution is -2.55. The van der Waals surface area contributed by atoms with Crippen LogP contribution in [-0.4, -0.2) is 48.1 Å². The van der Waals surface area contributed by atoms with Crippen molar-refractivity contribution < 1.29 is 14.7 Å². The first-order chi connectivity index (χ1) is 16.8. The number of amides is 1. The molecule has 1 heterocycles. The maximum Gasteiger partial charge on any atom is 0.239 e. The molecule has 2 aliphatic carbocycles. The van der Waals surface area contributed by atoms with Crippen molar-refractivity contribution in [1.29, 1.82) is 0 Å². The van der Waals surface area contributed by atoms with Crippen LogP contribution in [0.4, 0.5) is 4.39 Å². The van der Waals surface area contributed by atoms with Crippen LogP contribution in [0.3, 0.4) is 0 Å². The number of nitrogens with zero attached hydrogens (tertiary/aromatic N) is 1. The van der Waals surface area contributed by atoms with Crippen molar-refractivity contribution in [3.63, 3.8) is 0 Å². The molecule has 5 heteroatoms. The molecule has 0 spiro atoms. The van der Waals surface area contributed by atoms with E-state index in [1.165, 1.54) is 22.3 Å². The predicted molar refractivity (Wildman–Crippen MR) is 147 cm³/mol. The third-order valence-electron chi connectivity index (χ3n) is 8.20. The first-order valence-electron chi connectivity index (χ1n) is 13.6. The number of hydrogen-bond acceptors (Lipinski definition) is 2. The van der Waals surface area contributed by atoms with Gasteiger partial charge in [0.1, 0.15) is 6.17 Å². The summed E-state index contributed by atoms with van der Waals surface area (Å²) in [5, 5.41) is 3.66. The van der Waals surface area contributed by atoms with Gasteiger partial charge < -0.3 is 15.7 Å². The van der Waals surface area contributed by atoms with Crippen LogP contribution >= 0.6 is 0 Å². The number of alkyl halides is 1. The molecule has 0 bridgehead atoms. The van der Waals surface area contributed by atoms with E-state index in [0.29, 0.717) is 18.8 Å². The van der Waals surface area contributed by atoms with E-state index in [-0.39, 0.29) is 28.8 Å². The molecular weight excluding hydrogens is 451 g/mol. The SMILES string of the molecule is CC(C)[C@@H](NCC1=C(c2ccccc2)C=CCC1)C(=O)N1CCC(C2=CCC(F)CC2)C(C)(C)C1.O. The standard InChI is InChI=1S/C31H43FN2O.H2O/c1-22(2)29(33-20-25-12-8-9-13-27(25)23-10-6-5-7-11-23)30(35)34-19-18-28(31(3,4)21-34)24-14-16-26(32)17-15-24;/h5-7,9-11,13-14,22,26,28-29,33H,8,12,15-21H2,1-4H3;1H2/t26?,28?,29-;/m1./s1. The lowest BCUT2D eigenvalue weighted by molar-refractivity contribution is -0.138. The molecule has 3 aliphatic rings. The molecule has 2 unspecified atom stereocenters. The lowest BCUT2D eigenvalue weighted by atomic mass is 9.68. The zero-order valence-electron chi connectivity index (χ0n) is 22.5. The second kappa shape index (κ2) is 12.3. The topological polar surface area (TPSA) is 63.8 Å². The summed E-state index contributed by atoms with van der Waals surface area (Å²) in [6, 6.07) is 10.4. The van der Waals surface area contributed by atoms with Crippen LogP contribution in [0, 0.1) is 17.3 Å². The summed E-state index contributed by atoms with van der Waals surface area (Å²) in [5.74, 6) is 0.879. The highest BCUT2D eigenvalue weighted by atomic mass is 19.1. The van der Waals surface area contributed by atoms with Crippen molar-refractivity contribution in [2.75, 3.05) is 19.6 Å². The van der Waals surface area contributed by atoms with Crippen LogP contribution in [0.2, 0.25) is 0 Å². The monoisotopic (exact) mass is 496 g/mol. The fourth-order valence-electron chi connectivity index (χ4n) is 6.22. The number of halogens is 1. The van der Waals surface area contributed by atoms with Crippen molar-refractivity contribution in [3.8, 4) is 0 Å². The number of rotatable bonds is 7. The van der Waals surface area contributed by atoms with Gasteiger partial charge in [0.15, 0.2) is 0 Å².